The van der Waals surface area contributed by atoms with Gasteiger partial charge < -0.3 is 19.8 Å². The standard InChI is InChI=1S/C23H21N3O5/c1-3-19(27)31-23(4-2)15-9-18-20-12(8-13-16(24)6-5-7-17(13)25-20)10-26(18)21(28)14(15)11-30-22(23)29/h5-9H,3-4,10-11,24H2,1-2H3/t23-/m0/s1. The number of fused-ring (bicyclic) bond motifs is 5. The Morgan fingerprint density at radius 3 is 2.84 bits per heavy atom. The van der Waals surface area contributed by atoms with Gasteiger partial charge in [-0.2, -0.15) is 0 Å². The first-order valence-electron chi connectivity index (χ1n) is 10.2. The Kier molecular flexibility index (Phi) is 4.15. The summed E-state index contributed by atoms with van der Waals surface area (Å²) in [7, 11) is 0. The molecule has 2 aromatic heterocycles. The Balaban J connectivity index is 1.77. The van der Waals surface area contributed by atoms with Crippen molar-refractivity contribution in [2.45, 2.75) is 45.4 Å². The lowest BCUT2D eigenvalue weighted by atomic mass is 9.85. The highest BCUT2D eigenvalue weighted by atomic mass is 16.6. The van der Waals surface area contributed by atoms with Crippen molar-refractivity contribution in [3.8, 4) is 11.4 Å². The number of esters is 2. The van der Waals surface area contributed by atoms with E-state index in [0.29, 0.717) is 34.7 Å². The molecule has 158 valence electrons. The molecule has 2 N–H and O–H groups in total. The van der Waals surface area contributed by atoms with Gasteiger partial charge in [-0.3, -0.25) is 9.59 Å². The highest BCUT2D eigenvalue weighted by Gasteiger charge is 2.50. The van der Waals surface area contributed by atoms with Gasteiger partial charge in [0.1, 0.15) is 6.61 Å². The zero-order valence-electron chi connectivity index (χ0n) is 17.2. The van der Waals surface area contributed by atoms with E-state index in [4.69, 9.17) is 20.2 Å². The molecule has 0 fully saturated rings. The highest BCUT2D eigenvalue weighted by Crippen LogP contribution is 2.41. The van der Waals surface area contributed by atoms with Crippen LogP contribution in [0.5, 0.6) is 0 Å². The molecule has 0 spiro atoms. The molecule has 3 aromatic rings. The van der Waals surface area contributed by atoms with Crippen molar-refractivity contribution in [3.05, 3.63) is 57.4 Å². The third-order valence-corrected chi connectivity index (χ3v) is 6.13. The van der Waals surface area contributed by atoms with Crippen molar-refractivity contribution in [3.63, 3.8) is 0 Å². The summed E-state index contributed by atoms with van der Waals surface area (Å²) in [6.45, 7) is 3.56. The fraction of sp³-hybridized carbons (Fsp3) is 0.304. The molecular weight excluding hydrogens is 398 g/mol. The van der Waals surface area contributed by atoms with Crippen LogP contribution in [0.15, 0.2) is 35.1 Å². The summed E-state index contributed by atoms with van der Waals surface area (Å²) in [4.78, 5) is 43.1. The lowest BCUT2D eigenvalue weighted by Crippen LogP contribution is -2.47. The van der Waals surface area contributed by atoms with Crippen LogP contribution in [0.1, 0.15) is 43.4 Å². The molecule has 4 heterocycles. The molecule has 31 heavy (non-hydrogen) atoms. The van der Waals surface area contributed by atoms with E-state index in [2.05, 4.69) is 0 Å². The van der Waals surface area contributed by atoms with Gasteiger partial charge in [0.05, 0.1) is 29.0 Å². The predicted octanol–water partition coefficient (Wildman–Crippen LogP) is 2.62. The average Bonchev–Trinajstić information content (AvgIpc) is 3.13. The molecule has 1 atom stereocenters. The van der Waals surface area contributed by atoms with Crippen LogP contribution in [0.4, 0.5) is 5.69 Å². The molecule has 2 aliphatic rings. The predicted molar refractivity (Wildman–Crippen MR) is 113 cm³/mol. The van der Waals surface area contributed by atoms with Crippen molar-refractivity contribution in [2.75, 3.05) is 5.73 Å². The first-order chi connectivity index (χ1) is 14.9. The summed E-state index contributed by atoms with van der Waals surface area (Å²) in [5.41, 5.74) is 8.33. The molecule has 0 amide bonds. The second-order valence-corrected chi connectivity index (χ2v) is 7.81. The number of nitrogens with zero attached hydrogens (tertiary/aromatic N) is 2. The van der Waals surface area contributed by atoms with E-state index in [0.717, 1.165) is 16.5 Å². The number of benzene rings is 1. The minimum Gasteiger partial charge on any atom is -0.457 e. The maximum absolute atomic E-state index is 13.4. The van der Waals surface area contributed by atoms with Gasteiger partial charge in [0.2, 0.25) is 5.60 Å². The van der Waals surface area contributed by atoms with Crippen LogP contribution in [-0.2, 0) is 37.8 Å². The van der Waals surface area contributed by atoms with Crippen molar-refractivity contribution >= 4 is 28.5 Å². The number of carbonyl (C=O) groups is 2. The van der Waals surface area contributed by atoms with Gasteiger partial charge in [0, 0.05) is 28.6 Å². The molecule has 0 bridgehead atoms. The molecule has 8 nitrogen and oxygen atoms in total. The Hall–Kier alpha value is -3.68. The number of nitrogens with two attached hydrogens (primary N) is 1. The molecule has 0 aliphatic carbocycles. The topological polar surface area (TPSA) is 114 Å². The first-order valence-corrected chi connectivity index (χ1v) is 10.2. The minimum absolute atomic E-state index is 0.103. The van der Waals surface area contributed by atoms with E-state index in [1.807, 2.05) is 24.3 Å². The van der Waals surface area contributed by atoms with E-state index < -0.39 is 17.5 Å². The first kappa shape index (κ1) is 19.3. The lowest BCUT2D eigenvalue weighted by molar-refractivity contribution is -0.189. The summed E-state index contributed by atoms with van der Waals surface area (Å²) in [5.74, 6) is -1.20. The third kappa shape index (κ3) is 2.60. The van der Waals surface area contributed by atoms with Crippen LogP contribution in [0, 0.1) is 0 Å². The summed E-state index contributed by atoms with van der Waals surface area (Å²) in [6.07, 6.45) is 0.258. The quantitative estimate of drug-likeness (QED) is 0.401. The number of rotatable bonds is 3. The fourth-order valence-electron chi connectivity index (χ4n) is 4.45. The molecule has 0 saturated carbocycles. The number of aromatic nitrogens is 2. The van der Waals surface area contributed by atoms with Crippen LogP contribution >= 0.6 is 0 Å². The molecule has 8 heteroatoms. The number of hydrogen-bond donors (Lipinski definition) is 1. The van der Waals surface area contributed by atoms with Crippen LogP contribution < -0.4 is 11.3 Å². The largest absolute Gasteiger partial charge is 0.457 e. The highest BCUT2D eigenvalue weighted by molar-refractivity contribution is 5.93. The van der Waals surface area contributed by atoms with Crippen molar-refractivity contribution in [1.29, 1.82) is 0 Å². The summed E-state index contributed by atoms with van der Waals surface area (Å²) in [6, 6.07) is 9.20. The molecular formula is C23H21N3O5. The van der Waals surface area contributed by atoms with E-state index in [-0.39, 0.29) is 25.0 Å². The average molecular weight is 419 g/mol. The third-order valence-electron chi connectivity index (χ3n) is 6.13. The maximum atomic E-state index is 13.4. The molecule has 0 radical (unpaired) electrons. The zero-order valence-corrected chi connectivity index (χ0v) is 17.2. The van der Waals surface area contributed by atoms with Gasteiger partial charge in [-0.25, -0.2) is 9.78 Å². The lowest BCUT2D eigenvalue weighted by Gasteiger charge is -2.35. The number of carbonyl (C=O) groups excluding carboxylic acids is 2. The SMILES string of the molecule is CCC(=O)O[C@]1(CC)C(=O)OCc2c1cc1n(c2=O)Cc2cc3c(N)cccc3nc2-1. The molecule has 0 saturated heterocycles. The summed E-state index contributed by atoms with van der Waals surface area (Å²) in [5, 5.41) is 0.824. The maximum Gasteiger partial charge on any atom is 0.355 e. The normalized spacial score (nSPS) is 18.8. The van der Waals surface area contributed by atoms with Crippen LogP contribution in [-0.4, -0.2) is 21.5 Å². The van der Waals surface area contributed by atoms with Crippen LogP contribution in [0.3, 0.4) is 0 Å². The van der Waals surface area contributed by atoms with Crippen LogP contribution in [0.2, 0.25) is 0 Å². The van der Waals surface area contributed by atoms with Gasteiger partial charge in [0.25, 0.3) is 5.56 Å². The van der Waals surface area contributed by atoms with Gasteiger partial charge in [0.15, 0.2) is 0 Å². The van der Waals surface area contributed by atoms with Gasteiger partial charge in [-0.1, -0.05) is 19.9 Å². The number of anilines is 1. The number of cyclic esters (lactones) is 1. The van der Waals surface area contributed by atoms with Gasteiger partial charge in [-0.15, -0.1) is 0 Å². The smallest absolute Gasteiger partial charge is 0.355 e. The van der Waals surface area contributed by atoms with E-state index in [1.165, 1.54) is 0 Å². The summed E-state index contributed by atoms with van der Waals surface area (Å²) < 4.78 is 12.5. The fourth-order valence-corrected chi connectivity index (χ4v) is 4.45. The zero-order chi connectivity index (χ0) is 21.9. The Labute approximate surface area is 177 Å². The van der Waals surface area contributed by atoms with E-state index in [1.54, 1.807) is 24.5 Å². The summed E-state index contributed by atoms with van der Waals surface area (Å²) >= 11 is 0. The Morgan fingerprint density at radius 2 is 2.10 bits per heavy atom. The minimum atomic E-state index is -1.64. The van der Waals surface area contributed by atoms with Gasteiger partial charge >= 0.3 is 11.9 Å². The number of ether oxygens (including phenoxy) is 2. The van der Waals surface area contributed by atoms with E-state index >= 15 is 0 Å². The second kappa shape index (κ2) is 6.66. The molecule has 5 rings (SSSR count). The number of hydrogen-bond acceptors (Lipinski definition) is 7. The monoisotopic (exact) mass is 419 g/mol. The molecule has 0 unspecified atom stereocenters. The van der Waals surface area contributed by atoms with Crippen LogP contribution in [0.25, 0.3) is 22.3 Å². The van der Waals surface area contributed by atoms with Crippen molar-refractivity contribution < 1.29 is 19.1 Å². The molecule has 2 aliphatic heterocycles. The van der Waals surface area contributed by atoms with Crippen molar-refractivity contribution in [1.82, 2.24) is 9.55 Å². The second-order valence-electron chi connectivity index (χ2n) is 7.81. The van der Waals surface area contributed by atoms with Gasteiger partial charge in [-0.05, 0) is 30.7 Å². The number of pyridine rings is 2. The molecule has 1 aromatic carbocycles. The van der Waals surface area contributed by atoms with E-state index in [9.17, 15) is 14.4 Å². The Morgan fingerprint density at radius 1 is 1.29 bits per heavy atom. The Bertz CT molecular complexity index is 1340. The van der Waals surface area contributed by atoms with Crippen molar-refractivity contribution in [2.24, 2.45) is 0 Å². The number of nitrogen functional groups attached to an aromatic ring is 1.